The van der Waals surface area contributed by atoms with Crippen LogP contribution in [-0.4, -0.2) is 9.19 Å². The molecule has 0 N–H and O–H groups in total. The molecule has 0 saturated heterocycles. The minimum absolute atomic E-state index is 0.935. The standard InChI is InChI=1S/C15H11IN2S/c16-12-7-8-13-14(17-18(19)15(13)10-12)9-6-11-4-2-1-3-5-11/h1-10,19H/b9-6+. The molecule has 2 aromatic carbocycles. The maximum absolute atomic E-state index is 4.44. The number of hydrogen-bond donors (Lipinski definition) is 1. The second-order valence-electron chi connectivity index (χ2n) is 4.18. The second-order valence-corrected chi connectivity index (χ2v) is 5.80. The van der Waals surface area contributed by atoms with Gasteiger partial charge in [-0.25, -0.2) is 4.09 Å². The topological polar surface area (TPSA) is 17.8 Å². The highest BCUT2D eigenvalue weighted by molar-refractivity contribution is 14.1. The number of benzene rings is 2. The lowest BCUT2D eigenvalue weighted by atomic mass is 10.1. The van der Waals surface area contributed by atoms with E-state index < -0.39 is 0 Å². The van der Waals surface area contributed by atoms with E-state index in [-0.39, 0.29) is 0 Å². The average Bonchev–Trinajstić information content (AvgIpc) is 2.74. The summed E-state index contributed by atoms with van der Waals surface area (Å²) in [6.07, 6.45) is 4.09. The van der Waals surface area contributed by atoms with Crippen LogP contribution in [0.15, 0.2) is 48.5 Å². The molecule has 1 aromatic heterocycles. The van der Waals surface area contributed by atoms with Crippen molar-refractivity contribution in [3.05, 3.63) is 63.4 Å². The molecule has 0 unspecified atom stereocenters. The van der Waals surface area contributed by atoms with Gasteiger partial charge in [-0.05, 0) is 65.2 Å². The summed E-state index contributed by atoms with van der Waals surface area (Å²) in [6, 6.07) is 16.4. The van der Waals surface area contributed by atoms with Crippen LogP contribution in [0, 0.1) is 3.57 Å². The Morgan fingerprint density at radius 3 is 2.63 bits per heavy atom. The Labute approximate surface area is 130 Å². The van der Waals surface area contributed by atoms with Gasteiger partial charge in [0.1, 0.15) is 0 Å². The predicted octanol–water partition coefficient (Wildman–Crippen LogP) is 4.50. The molecule has 19 heavy (non-hydrogen) atoms. The van der Waals surface area contributed by atoms with Gasteiger partial charge in [-0.3, -0.25) is 0 Å². The first-order chi connectivity index (χ1) is 9.24. The Morgan fingerprint density at radius 2 is 1.84 bits per heavy atom. The third-order valence-corrected chi connectivity index (χ3v) is 3.86. The van der Waals surface area contributed by atoms with Crippen LogP contribution in [-0.2, 0) is 0 Å². The van der Waals surface area contributed by atoms with Crippen molar-refractivity contribution in [3.8, 4) is 0 Å². The quantitative estimate of drug-likeness (QED) is 0.514. The summed E-state index contributed by atoms with van der Waals surface area (Å²) < 4.78 is 2.81. The summed E-state index contributed by atoms with van der Waals surface area (Å²) in [6.45, 7) is 0. The Bertz CT molecular complexity index is 747. The molecule has 0 aliphatic rings. The molecule has 0 aliphatic heterocycles. The van der Waals surface area contributed by atoms with Crippen LogP contribution >= 0.6 is 35.4 Å². The summed E-state index contributed by atoms with van der Waals surface area (Å²) in [4.78, 5) is 0. The summed E-state index contributed by atoms with van der Waals surface area (Å²) in [5.41, 5.74) is 3.13. The number of aromatic nitrogens is 2. The number of rotatable bonds is 2. The lowest BCUT2D eigenvalue weighted by Gasteiger charge is -1.93. The predicted molar refractivity (Wildman–Crippen MR) is 92.2 cm³/mol. The fourth-order valence-electron chi connectivity index (χ4n) is 1.96. The Morgan fingerprint density at radius 1 is 1.05 bits per heavy atom. The van der Waals surface area contributed by atoms with Crippen molar-refractivity contribution in [2.24, 2.45) is 0 Å². The Kier molecular flexibility index (Phi) is 3.61. The molecule has 3 aromatic rings. The molecule has 1 heterocycles. The van der Waals surface area contributed by atoms with Gasteiger partial charge in [0.15, 0.2) is 0 Å². The fourth-order valence-corrected chi connectivity index (χ4v) is 2.70. The van der Waals surface area contributed by atoms with Gasteiger partial charge in [-0.1, -0.05) is 36.4 Å². The zero-order valence-electron chi connectivity index (χ0n) is 9.99. The number of fused-ring (bicyclic) bond motifs is 1. The molecule has 3 rings (SSSR count). The summed E-state index contributed by atoms with van der Waals surface area (Å²) in [5.74, 6) is 0. The monoisotopic (exact) mass is 378 g/mol. The molecule has 0 bridgehead atoms. The SMILES string of the molecule is Sn1nc(/C=C/c2ccccc2)c2ccc(I)cc21. The maximum atomic E-state index is 4.44. The highest BCUT2D eigenvalue weighted by atomic mass is 127. The molecule has 94 valence electrons. The molecule has 0 amide bonds. The van der Waals surface area contributed by atoms with E-state index in [0.717, 1.165) is 22.2 Å². The Balaban J connectivity index is 2.04. The number of halogens is 1. The van der Waals surface area contributed by atoms with Crippen LogP contribution in [0.25, 0.3) is 23.1 Å². The molecule has 0 fully saturated rings. The van der Waals surface area contributed by atoms with E-state index in [4.69, 9.17) is 0 Å². The lowest BCUT2D eigenvalue weighted by molar-refractivity contribution is 1.04. The molecule has 0 spiro atoms. The van der Waals surface area contributed by atoms with Gasteiger partial charge in [0.05, 0.1) is 11.2 Å². The van der Waals surface area contributed by atoms with Crippen molar-refractivity contribution < 1.29 is 0 Å². The van der Waals surface area contributed by atoms with Gasteiger partial charge in [0.25, 0.3) is 0 Å². The van der Waals surface area contributed by atoms with Crippen molar-refractivity contribution in [2.45, 2.75) is 0 Å². The van der Waals surface area contributed by atoms with Crippen LogP contribution in [0.3, 0.4) is 0 Å². The largest absolute Gasteiger partial charge is 0.209 e. The van der Waals surface area contributed by atoms with E-state index in [1.165, 1.54) is 3.57 Å². The van der Waals surface area contributed by atoms with E-state index >= 15 is 0 Å². The fraction of sp³-hybridized carbons (Fsp3) is 0. The van der Waals surface area contributed by atoms with E-state index in [9.17, 15) is 0 Å². The lowest BCUT2D eigenvalue weighted by Crippen LogP contribution is -1.82. The Hall–Kier alpha value is -1.27. The average molecular weight is 378 g/mol. The number of nitrogens with zero attached hydrogens (tertiary/aromatic N) is 2. The molecular weight excluding hydrogens is 367 g/mol. The molecule has 0 aliphatic carbocycles. The first-order valence-corrected chi connectivity index (χ1v) is 7.32. The minimum atomic E-state index is 0.935. The minimum Gasteiger partial charge on any atom is -0.209 e. The van der Waals surface area contributed by atoms with E-state index in [2.05, 4.69) is 76.9 Å². The van der Waals surface area contributed by atoms with Gasteiger partial charge < -0.3 is 0 Å². The summed E-state index contributed by atoms with van der Waals surface area (Å²) in [5, 5.41) is 5.55. The normalized spacial score (nSPS) is 11.5. The van der Waals surface area contributed by atoms with Crippen LogP contribution in [0.5, 0.6) is 0 Å². The molecule has 4 heteroatoms. The van der Waals surface area contributed by atoms with Gasteiger partial charge in [-0.15, -0.1) is 0 Å². The van der Waals surface area contributed by atoms with E-state index in [1.54, 1.807) is 4.09 Å². The molecular formula is C15H11IN2S. The van der Waals surface area contributed by atoms with Crippen molar-refractivity contribution >= 4 is 58.5 Å². The van der Waals surface area contributed by atoms with Crippen LogP contribution in [0.1, 0.15) is 11.3 Å². The highest BCUT2D eigenvalue weighted by Gasteiger charge is 2.06. The van der Waals surface area contributed by atoms with Crippen molar-refractivity contribution in [3.63, 3.8) is 0 Å². The van der Waals surface area contributed by atoms with Crippen LogP contribution in [0.4, 0.5) is 0 Å². The maximum Gasteiger partial charge on any atom is 0.0940 e. The zero-order valence-corrected chi connectivity index (χ0v) is 13.0. The van der Waals surface area contributed by atoms with Gasteiger partial charge in [0.2, 0.25) is 0 Å². The van der Waals surface area contributed by atoms with Gasteiger partial charge >= 0.3 is 0 Å². The second kappa shape index (κ2) is 5.38. The van der Waals surface area contributed by atoms with E-state index in [0.29, 0.717) is 0 Å². The van der Waals surface area contributed by atoms with Crippen molar-refractivity contribution in [2.75, 3.05) is 0 Å². The van der Waals surface area contributed by atoms with Crippen molar-refractivity contribution in [1.82, 2.24) is 9.19 Å². The first-order valence-electron chi connectivity index (χ1n) is 5.85. The molecule has 0 radical (unpaired) electrons. The third-order valence-electron chi connectivity index (χ3n) is 2.89. The van der Waals surface area contributed by atoms with Crippen molar-refractivity contribution in [1.29, 1.82) is 0 Å². The summed E-state index contributed by atoms with van der Waals surface area (Å²) in [7, 11) is 0. The molecule has 0 atom stereocenters. The van der Waals surface area contributed by atoms with Crippen LogP contribution < -0.4 is 0 Å². The smallest absolute Gasteiger partial charge is 0.0940 e. The zero-order chi connectivity index (χ0) is 13.2. The number of thiol groups is 1. The van der Waals surface area contributed by atoms with Gasteiger partial charge in [-0.2, -0.15) is 5.10 Å². The first kappa shape index (κ1) is 12.7. The molecule has 2 nitrogen and oxygen atoms in total. The van der Waals surface area contributed by atoms with Crippen LogP contribution in [0.2, 0.25) is 0 Å². The van der Waals surface area contributed by atoms with Gasteiger partial charge in [0, 0.05) is 8.96 Å². The molecule has 0 saturated carbocycles. The van der Waals surface area contributed by atoms with E-state index in [1.807, 2.05) is 24.3 Å². The summed E-state index contributed by atoms with van der Waals surface area (Å²) >= 11 is 6.66. The number of hydrogen-bond acceptors (Lipinski definition) is 2. The highest BCUT2D eigenvalue weighted by Crippen LogP contribution is 2.23. The third kappa shape index (κ3) is 2.69.